The Kier molecular flexibility index (Phi) is 1.78. The molecule has 86 valence electrons. The molecule has 0 aliphatic heterocycles. The highest BCUT2D eigenvalue weighted by Gasteiger charge is 2.51. The lowest BCUT2D eigenvalue weighted by molar-refractivity contribution is -0.0437. The maximum Gasteiger partial charge on any atom is 0.177 e. The Hall–Kier alpha value is -0.570. The Morgan fingerprint density at radius 2 is 1.69 bits per heavy atom. The molecule has 1 heterocycles. The summed E-state index contributed by atoms with van der Waals surface area (Å²) >= 11 is 5.43. The van der Waals surface area contributed by atoms with Gasteiger partial charge in [0, 0.05) is 17.9 Å². The zero-order valence-corrected chi connectivity index (χ0v) is 10.3. The molecule has 0 saturated heterocycles. The SMILES string of the molecule is S=c1[nH]ccn1C12CC3CC(CC(C3)C1)C2. The van der Waals surface area contributed by atoms with Gasteiger partial charge < -0.3 is 9.55 Å². The van der Waals surface area contributed by atoms with E-state index in [1.807, 2.05) is 6.20 Å². The predicted molar refractivity (Wildman–Crippen MR) is 65.8 cm³/mol. The van der Waals surface area contributed by atoms with E-state index in [4.69, 9.17) is 12.2 Å². The molecular formula is C13H18N2S. The first-order chi connectivity index (χ1) is 7.75. The third-order valence-electron chi connectivity index (χ3n) is 5.17. The number of aromatic amines is 1. The van der Waals surface area contributed by atoms with Crippen LogP contribution in [0.1, 0.15) is 38.5 Å². The molecule has 0 atom stereocenters. The van der Waals surface area contributed by atoms with Crippen molar-refractivity contribution in [2.75, 3.05) is 0 Å². The fourth-order valence-corrected chi connectivity index (χ4v) is 5.38. The van der Waals surface area contributed by atoms with E-state index in [2.05, 4.69) is 15.7 Å². The first-order valence-corrected chi connectivity index (χ1v) is 6.92. The number of hydrogen-bond donors (Lipinski definition) is 1. The Labute approximate surface area is 101 Å². The summed E-state index contributed by atoms with van der Waals surface area (Å²) in [5, 5.41) is 0. The van der Waals surface area contributed by atoms with Crippen LogP contribution in [0.5, 0.6) is 0 Å². The quantitative estimate of drug-likeness (QED) is 0.738. The molecule has 4 bridgehead atoms. The van der Waals surface area contributed by atoms with Crippen molar-refractivity contribution in [1.82, 2.24) is 9.55 Å². The number of rotatable bonds is 1. The molecule has 1 aromatic rings. The van der Waals surface area contributed by atoms with Gasteiger partial charge in [-0.15, -0.1) is 0 Å². The monoisotopic (exact) mass is 234 g/mol. The average molecular weight is 234 g/mol. The maximum absolute atomic E-state index is 5.43. The van der Waals surface area contributed by atoms with Crippen molar-refractivity contribution in [3.05, 3.63) is 17.2 Å². The molecule has 0 radical (unpaired) electrons. The lowest BCUT2D eigenvalue weighted by atomic mass is 9.53. The summed E-state index contributed by atoms with van der Waals surface area (Å²) in [6.07, 6.45) is 12.8. The number of nitrogens with one attached hydrogen (secondary N) is 1. The summed E-state index contributed by atoms with van der Waals surface area (Å²) < 4.78 is 3.31. The molecule has 2 nitrogen and oxygen atoms in total. The highest BCUT2D eigenvalue weighted by atomic mass is 32.1. The molecule has 4 saturated carbocycles. The van der Waals surface area contributed by atoms with Gasteiger partial charge in [-0.05, 0) is 68.5 Å². The zero-order chi connectivity index (χ0) is 10.8. The molecule has 4 aliphatic rings. The number of nitrogens with zero attached hydrogens (tertiary/aromatic N) is 1. The van der Waals surface area contributed by atoms with E-state index in [9.17, 15) is 0 Å². The second-order valence-corrected chi connectivity index (χ2v) is 6.66. The van der Waals surface area contributed by atoms with E-state index >= 15 is 0 Å². The van der Waals surface area contributed by atoms with Gasteiger partial charge in [0.05, 0.1) is 0 Å². The number of imidazole rings is 1. The molecular weight excluding hydrogens is 216 g/mol. The Balaban J connectivity index is 1.82. The molecule has 0 unspecified atom stereocenters. The number of H-pyrrole nitrogens is 1. The average Bonchev–Trinajstić information content (AvgIpc) is 2.62. The molecule has 5 rings (SSSR count). The normalized spacial score (nSPS) is 45.1. The van der Waals surface area contributed by atoms with E-state index in [0.717, 1.165) is 22.5 Å². The summed E-state index contributed by atoms with van der Waals surface area (Å²) in [7, 11) is 0. The minimum atomic E-state index is 0.395. The molecule has 3 heteroatoms. The van der Waals surface area contributed by atoms with Gasteiger partial charge in [0.2, 0.25) is 0 Å². The topological polar surface area (TPSA) is 20.7 Å². The molecule has 0 amide bonds. The predicted octanol–water partition coefficient (Wildman–Crippen LogP) is 3.47. The summed E-state index contributed by atoms with van der Waals surface area (Å²) in [5.41, 5.74) is 0.395. The Bertz CT molecular complexity index is 435. The van der Waals surface area contributed by atoms with Crippen LogP contribution in [0.3, 0.4) is 0 Å². The van der Waals surface area contributed by atoms with Crippen molar-refractivity contribution in [2.45, 2.75) is 44.1 Å². The fourth-order valence-electron chi connectivity index (χ4n) is 5.05. The summed E-state index contributed by atoms with van der Waals surface area (Å²) in [6.45, 7) is 0. The highest BCUT2D eigenvalue weighted by Crippen LogP contribution is 2.58. The van der Waals surface area contributed by atoms with Crippen LogP contribution in [0.2, 0.25) is 0 Å². The largest absolute Gasteiger partial charge is 0.337 e. The second-order valence-electron chi connectivity index (χ2n) is 6.28. The van der Waals surface area contributed by atoms with Crippen molar-refractivity contribution >= 4 is 12.2 Å². The minimum absolute atomic E-state index is 0.395. The van der Waals surface area contributed by atoms with Crippen LogP contribution in [0.25, 0.3) is 0 Å². The molecule has 4 aliphatic carbocycles. The van der Waals surface area contributed by atoms with Gasteiger partial charge in [0.1, 0.15) is 0 Å². The van der Waals surface area contributed by atoms with Gasteiger partial charge in [0.15, 0.2) is 4.77 Å². The Morgan fingerprint density at radius 3 is 2.12 bits per heavy atom. The molecule has 1 aromatic heterocycles. The first-order valence-electron chi connectivity index (χ1n) is 6.52. The molecule has 0 aromatic carbocycles. The van der Waals surface area contributed by atoms with E-state index in [1.54, 1.807) is 0 Å². The molecule has 4 fully saturated rings. The number of hydrogen-bond acceptors (Lipinski definition) is 1. The van der Waals surface area contributed by atoms with E-state index < -0.39 is 0 Å². The minimum Gasteiger partial charge on any atom is -0.337 e. The van der Waals surface area contributed by atoms with Crippen LogP contribution in [0.15, 0.2) is 12.4 Å². The van der Waals surface area contributed by atoms with Crippen LogP contribution < -0.4 is 0 Å². The summed E-state index contributed by atoms with van der Waals surface area (Å²) in [4.78, 5) is 3.17. The number of aromatic nitrogens is 2. The summed E-state index contributed by atoms with van der Waals surface area (Å²) in [6, 6.07) is 0. The molecule has 16 heavy (non-hydrogen) atoms. The van der Waals surface area contributed by atoms with Gasteiger partial charge in [-0.2, -0.15) is 0 Å². The van der Waals surface area contributed by atoms with Crippen LogP contribution in [-0.4, -0.2) is 9.55 Å². The van der Waals surface area contributed by atoms with Crippen LogP contribution in [-0.2, 0) is 5.54 Å². The molecule has 1 N–H and O–H groups in total. The Morgan fingerprint density at radius 1 is 1.12 bits per heavy atom. The maximum atomic E-state index is 5.43. The van der Waals surface area contributed by atoms with Gasteiger partial charge in [-0.25, -0.2) is 0 Å². The van der Waals surface area contributed by atoms with Crippen molar-refractivity contribution in [1.29, 1.82) is 0 Å². The smallest absolute Gasteiger partial charge is 0.177 e. The fraction of sp³-hybridized carbons (Fsp3) is 0.769. The molecule has 0 spiro atoms. The van der Waals surface area contributed by atoms with Crippen molar-refractivity contribution in [2.24, 2.45) is 17.8 Å². The van der Waals surface area contributed by atoms with Crippen LogP contribution in [0, 0.1) is 22.5 Å². The van der Waals surface area contributed by atoms with E-state index in [-0.39, 0.29) is 0 Å². The van der Waals surface area contributed by atoms with Crippen molar-refractivity contribution in [3.63, 3.8) is 0 Å². The van der Waals surface area contributed by atoms with E-state index in [0.29, 0.717) is 5.54 Å². The standard InChI is InChI=1S/C13H18N2S/c16-12-14-1-2-15(12)13-6-9-3-10(7-13)5-11(4-9)8-13/h1-2,9-11H,3-8H2,(H,14,16). The first kappa shape index (κ1) is 9.46. The third-order valence-corrected chi connectivity index (χ3v) is 5.48. The zero-order valence-electron chi connectivity index (χ0n) is 9.48. The third kappa shape index (κ3) is 1.15. The van der Waals surface area contributed by atoms with E-state index in [1.165, 1.54) is 38.5 Å². The lowest BCUT2D eigenvalue weighted by Crippen LogP contribution is -2.51. The van der Waals surface area contributed by atoms with Crippen LogP contribution in [0.4, 0.5) is 0 Å². The second kappa shape index (κ2) is 3.00. The van der Waals surface area contributed by atoms with Gasteiger partial charge in [-0.1, -0.05) is 0 Å². The highest BCUT2D eigenvalue weighted by molar-refractivity contribution is 7.71. The van der Waals surface area contributed by atoms with Gasteiger partial charge in [-0.3, -0.25) is 0 Å². The lowest BCUT2D eigenvalue weighted by Gasteiger charge is -2.57. The van der Waals surface area contributed by atoms with Crippen molar-refractivity contribution < 1.29 is 0 Å². The van der Waals surface area contributed by atoms with Gasteiger partial charge in [0.25, 0.3) is 0 Å². The van der Waals surface area contributed by atoms with Crippen molar-refractivity contribution in [3.8, 4) is 0 Å². The van der Waals surface area contributed by atoms with Gasteiger partial charge >= 0.3 is 0 Å². The summed E-state index contributed by atoms with van der Waals surface area (Å²) in [5.74, 6) is 2.97. The van der Waals surface area contributed by atoms with Crippen LogP contribution >= 0.6 is 12.2 Å².